The maximum absolute atomic E-state index is 5.86. The Morgan fingerprint density at radius 1 is 1.33 bits per heavy atom. The predicted molar refractivity (Wildman–Crippen MR) is 87.6 cm³/mol. The maximum Gasteiger partial charge on any atom is 0.128 e. The van der Waals surface area contributed by atoms with E-state index in [1.807, 2.05) is 13.1 Å². The fraction of sp³-hybridized carbons (Fsp3) is 0.706. The second-order valence-corrected chi connectivity index (χ2v) is 6.85. The van der Waals surface area contributed by atoms with Crippen LogP contribution in [0, 0.1) is 0 Å². The van der Waals surface area contributed by atoms with Crippen molar-refractivity contribution in [3.05, 3.63) is 23.9 Å². The lowest BCUT2D eigenvalue weighted by Gasteiger charge is -2.48. The highest BCUT2D eigenvalue weighted by molar-refractivity contribution is 5.42. The van der Waals surface area contributed by atoms with Gasteiger partial charge in [-0.25, -0.2) is 4.98 Å². The molecule has 1 aromatic heterocycles. The van der Waals surface area contributed by atoms with E-state index in [2.05, 4.69) is 28.9 Å². The van der Waals surface area contributed by atoms with Crippen molar-refractivity contribution in [3.8, 4) is 0 Å². The van der Waals surface area contributed by atoms with E-state index in [1.165, 1.54) is 37.9 Å². The standard InChI is InChI=1S/C17H28N4/c1-13(18)9-15-6-7-17(19-10-15)21-12-16-5-3-4-8-20(16)11-14(21)2/h6-7,10,13-14,16H,3-5,8-9,11-12,18H2,1-2H3. The third-order valence-electron chi connectivity index (χ3n) is 4.85. The molecule has 21 heavy (non-hydrogen) atoms. The molecule has 0 amide bonds. The lowest BCUT2D eigenvalue weighted by molar-refractivity contribution is 0.115. The van der Waals surface area contributed by atoms with Crippen LogP contribution in [0.15, 0.2) is 18.3 Å². The van der Waals surface area contributed by atoms with Gasteiger partial charge in [0.1, 0.15) is 5.82 Å². The summed E-state index contributed by atoms with van der Waals surface area (Å²) >= 11 is 0. The SMILES string of the molecule is CC(N)Cc1ccc(N2CC3CCCCN3CC2C)nc1. The average molecular weight is 288 g/mol. The Labute approximate surface area is 128 Å². The lowest BCUT2D eigenvalue weighted by Crippen LogP contribution is -2.59. The Morgan fingerprint density at radius 3 is 2.90 bits per heavy atom. The lowest BCUT2D eigenvalue weighted by atomic mass is 9.97. The number of rotatable bonds is 3. The van der Waals surface area contributed by atoms with E-state index < -0.39 is 0 Å². The molecule has 0 aromatic carbocycles. The minimum absolute atomic E-state index is 0.197. The number of fused-ring (bicyclic) bond motifs is 1. The Hall–Kier alpha value is -1.13. The minimum Gasteiger partial charge on any atom is -0.351 e. The molecule has 2 fully saturated rings. The number of aromatic nitrogens is 1. The van der Waals surface area contributed by atoms with Gasteiger partial charge < -0.3 is 10.6 Å². The summed E-state index contributed by atoms with van der Waals surface area (Å²) in [7, 11) is 0. The summed E-state index contributed by atoms with van der Waals surface area (Å²) in [5, 5.41) is 0. The van der Waals surface area contributed by atoms with Crippen molar-refractivity contribution in [1.82, 2.24) is 9.88 Å². The van der Waals surface area contributed by atoms with Crippen molar-refractivity contribution in [1.29, 1.82) is 0 Å². The number of piperazine rings is 1. The van der Waals surface area contributed by atoms with Crippen LogP contribution in [0.2, 0.25) is 0 Å². The van der Waals surface area contributed by atoms with Gasteiger partial charge in [0.2, 0.25) is 0 Å². The number of anilines is 1. The molecule has 4 nitrogen and oxygen atoms in total. The van der Waals surface area contributed by atoms with Gasteiger partial charge in [-0.3, -0.25) is 4.90 Å². The van der Waals surface area contributed by atoms with E-state index in [-0.39, 0.29) is 6.04 Å². The summed E-state index contributed by atoms with van der Waals surface area (Å²) in [4.78, 5) is 9.86. The van der Waals surface area contributed by atoms with Crippen LogP contribution in [0.5, 0.6) is 0 Å². The number of hydrogen-bond donors (Lipinski definition) is 1. The summed E-state index contributed by atoms with van der Waals surface area (Å²) in [6, 6.07) is 5.83. The molecule has 3 rings (SSSR count). The normalized spacial score (nSPS) is 28.2. The summed E-state index contributed by atoms with van der Waals surface area (Å²) in [5.74, 6) is 1.13. The third-order valence-corrected chi connectivity index (χ3v) is 4.85. The first-order valence-corrected chi connectivity index (χ1v) is 8.34. The van der Waals surface area contributed by atoms with Gasteiger partial charge in [0, 0.05) is 37.4 Å². The Morgan fingerprint density at radius 2 is 2.19 bits per heavy atom. The molecule has 4 heteroatoms. The topological polar surface area (TPSA) is 45.4 Å². The van der Waals surface area contributed by atoms with Gasteiger partial charge in [-0.2, -0.15) is 0 Å². The molecule has 0 saturated carbocycles. The fourth-order valence-electron chi connectivity index (χ4n) is 3.75. The highest BCUT2D eigenvalue weighted by atomic mass is 15.3. The smallest absolute Gasteiger partial charge is 0.128 e. The quantitative estimate of drug-likeness (QED) is 0.924. The van der Waals surface area contributed by atoms with Gasteiger partial charge in [-0.15, -0.1) is 0 Å². The van der Waals surface area contributed by atoms with Crippen LogP contribution in [0.25, 0.3) is 0 Å². The summed E-state index contributed by atoms with van der Waals surface area (Å²) in [6.45, 7) is 7.94. The predicted octanol–water partition coefficient (Wildman–Crippen LogP) is 2.03. The van der Waals surface area contributed by atoms with Crippen LogP contribution in [0.3, 0.4) is 0 Å². The monoisotopic (exact) mass is 288 g/mol. The second-order valence-electron chi connectivity index (χ2n) is 6.85. The van der Waals surface area contributed by atoms with E-state index in [9.17, 15) is 0 Å². The molecular formula is C17H28N4. The highest BCUT2D eigenvalue weighted by Gasteiger charge is 2.33. The van der Waals surface area contributed by atoms with Crippen molar-refractivity contribution in [3.63, 3.8) is 0 Å². The first-order valence-electron chi connectivity index (χ1n) is 8.34. The van der Waals surface area contributed by atoms with E-state index in [0.29, 0.717) is 6.04 Å². The van der Waals surface area contributed by atoms with Crippen molar-refractivity contribution in [2.45, 2.75) is 57.7 Å². The molecule has 1 aromatic rings. The van der Waals surface area contributed by atoms with Crippen molar-refractivity contribution in [2.24, 2.45) is 5.73 Å². The molecule has 116 valence electrons. The number of hydrogen-bond acceptors (Lipinski definition) is 4. The van der Waals surface area contributed by atoms with Crippen LogP contribution in [-0.2, 0) is 6.42 Å². The van der Waals surface area contributed by atoms with Gasteiger partial charge in [0.15, 0.2) is 0 Å². The molecule has 2 N–H and O–H groups in total. The zero-order valence-corrected chi connectivity index (χ0v) is 13.3. The van der Waals surface area contributed by atoms with E-state index in [1.54, 1.807) is 0 Å². The Balaban J connectivity index is 1.70. The molecule has 2 saturated heterocycles. The molecule has 0 bridgehead atoms. The van der Waals surface area contributed by atoms with Crippen LogP contribution < -0.4 is 10.6 Å². The van der Waals surface area contributed by atoms with Gasteiger partial charge in [0.25, 0.3) is 0 Å². The number of nitrogens with two attached hydrogens (primary N) is 1. The molecule has 3 heterocycles. The number of piperidine rings is 1. The Bertz CT molecular complexity index is 456. The van der Waals surface area contributed by atoms with E-state index in [0.717, 1.165) is 24.8 Å². The van der Waals surface area contributed by atoms with Crippen molar-refractivity contribution in [2.75, 3.05) is 24.5 Å². The van der Waals surface area contributed by atoms with Gasteiger partial charge >= 0.3 is 0 Å². The maximum atomic E-state index is 5.86. The third kappa shape index (κ3) is 3.38. The molecule has 2 aliphatic heterocycles. The number of pyridine rings is 1. The summed E-state index contributed by atoms with van der Waals surface area (Å²) in [6.07, 6.45) is 6.99. The average Bonchev–Trinajstić information content (AvgIpc) is 2.47. The van der Waals surface area contributed by atoms with E-state index >= 15 is 0 Å². The molecule has 3 unspecified atom stereocenters. The fourth-order valence-corrected chi connectivity index (χ4v) is 3.75. The van der Waals surface area contributed by atoms with Crippen LogP contribution in [-0.4, -0.2) is 47.6 Å². The van der Waals surface area contributed by atoms with Gasteiger partial charge in [-0.05, 0) is 51.3 Å². The molecule has 0 radical (unpaired) electrons. The Kier molecular flexibility index (Phi) is 4.45. The van der Waals surface area contributed by atoms with Gasteiger partial charge in [0.05, 0.1) is 0 Å². The van der Waals surface area contributed by atoms with Crippen LogP contribution >= 0.6 is 0 Å². The summed E-state index contributed by atoms with van der Waals surface area (Å²) in [5.41, 5.74) is 7.09. The van der Waals surface area contributed by atoms with Crippen molar-refractivity contribution >= 4 is 5.82 Å². The zero-order valence-electron chi connectivity index (χ0n) is 13.3. The molecule has 0 aliphatic carbocycles. The molecular weight excluding hydrogens is 260 g/mol. The minimum atomic E-state index is 0.197. The molecule has 3 atom stereocenters. The van der Waals surface area contributed by atoms with Gasteiger partial charge in [-0.1, -0.05) is 12.5 Å². The summed E-state index contributed by atoms with van der Waals surface area (Å²) < 4.78 is 0. The number of nitrogens with zero attached hydrogens (tertiary/aromatic N) is 3. The largest absolute Gasteiger partial charge is 0.351 e. The van der Waals surface area contributed by atoms with E-state index in [4.69, 9.17) is 10.7 Å². The zero-order chi connectivity index (χ0) is 14.8. The second kappa shape index (κ2) is 6.32. The first kappa shape index (κ1) is 14.8. The molecule has 2 aliphatic rings. The first-order chi connectivity index (χ1) is 10.1. The highest BCUT2D eigenvalue weighted by Crippen LogP contribution is 2.27. The van der Waals surface area contributed by atoms with Crippen LogP contribution in [0.4, 0.5) is 5.82 Å². The van der Waals surface area contributed by atoms with Crippen molar-refractivity contribution < 1.29 is 0 Å². The molecule has 0 spiro atoms. The van der Waals surface area contributed by atoms with Crippen LogP contribution in [0.1, 0.15) is 38.7 Å².